The highest BCUT2D eigenvalue weighted by molar-refractivity contribution is 6.03. The van der Waals surface area contributed by atoms with Crippen LogP contribution in [0.1, 0.15) is 45.7 Å². The molecule has 0 saturated carbocycles. The molecule has 0 aliphatic heterocycles. The Morgan fingerprint density at radius 1 is 0.773 bits per heavy atom. The number of benzene rings is 2. The largest absolute Gasteiger partial charge is 0.478 e. The van der Waals surface area contributed by atoms with Crippen molar-refractivity contribution < 1.29 is 19.8 Å². The minimum Gasteiger partial charge on any atom is -0.478 e. The Labute approximate surface area is 129 Å². The summed E-state index contributed by atoms with van der Waals surface area (Å²) in [6.45, 7) is 3.86. The van der Waals surface area contributed by atoms with E-state index in [0.29, 0.717) is 24.0 Å². The Morgan fingerprint density at radius 3 is 1.41 bits per heavy atom. The minimum atomic E-state index is -1.05. The number of rotatable bonds is 5. The molecule has 0 spiro atoms. The Bertz CT molecular complexity index is 668. The molecule has 2 aromatic carbocycles. The molecule has 4 nitrogen and oxygen atoms in total. The molecule has 0 bridgehead atoms. The Hall–Kier alpha value is -2.62. The molecule has 0 saturated heterocycles. The molecule has 2 N–H and O–H groups in total. The van der Waals surface area contributed by atoms with Crippen molar-refractivity contribution >= 4 is 11.9 Å². The van der Waals surface area contributed by atoms with E-state index in [-0.39, 0.29) is 11.1 Å². The van der Waals surface area contributed by atoms with Crippen LogP contribution in [0.4, 0.5) is 0 Å². The molecule has 0 amide bonds. The van der Waals surface area contributed by atoms with E-state index in [4.69, 9.17) is 0 Å². The van der Waals surface area contributed by atoms with Crippen LogP contribution in [0.3, 0.4) is 0 Å². The highest BCUT2D eigenvalue weighted by Crippen LogP contribution is 2.34. The molecule has 0 aromatic heterocycles. The van der Waals surface area contributed by atoms with Crippen LogP contribution in [-0.4, -0.2) is 22.2 Å². The average molecular weight is 298 g/mol. The summed E-state index contributed by atoms with van der Waals surface area (Å²) in [5.41, 5.74) is 3.00. The van der Waals surface area contributed by atoms with E-state index in [1.165, 1.54) is 12.1 Å². The third-order valence-corrected chi connectivity index (χ3v) is 3.77. The Kier molecular flexibility index (Phi) is 4.61. The second-order valence-electron chi connectivity index (χ2n) is 5.00. The van der Waals surface area contributed by atoms with Gasteiger partial charge in [0.05, 0.1) is 11.1 Å². The van der Waals surface area contributed by atoms with E-state index in [9.17, 15) is 19.8 Å². The third-order valence-electron chi connectivity index (χ3n) is 3.77. The van der Waals surface area contributed by atoms with Gasteiger partial charge in [-0.05, 0) is 36.1 Å². The van der Waals surface area contributed by atoms with Crippen molar-refractivity contribution in [3.63, 3.8) is 0 Å². The van der Waals surface area contributed by atoms with E-state index in [0.717, 1.165) is 11.1 Å². The third kappa shape index (κ3) is 2.72. The average Bonchev–Trinajstić information content (AvgIpc) is 2.52. The summed E-state index contributed by atoms with van der Waals surface area (Å²) in [5, 5.41) is 19.0. The van der Waals surface area contributed by atoms with Crippen molar-refractivity contribution in [1.82, 2.24) is 0 Å². The van der Waals surface area contributed by atoms with Crippen molar-refractivity contribution in [2.75, 3.05) is 0 Å². The normalized spacial score (nSPS) is 10.5. The van der Waals surface area contributed by atoms with Gasteiger partial charge in [0.15, 0.2) is 0 Å². The lowest BCUT2D eigenvalue weighted by atomic mass is 9.86. The monoisotopic (exact) mass is 298 g/mol. The number of aromatic carboxylic acids is 2. The maximum Gasteiger partial charge on any atom is 0.336 e. The summed E-state index contributed by atoms with van der Waals surface area (Å²) < 4.78 is 0. The smallest absolute Gasteiger partial charge is 0.336 e. The topological polar surface area (TPSA) is 74.6 Å². The predicted molar refractivity (Wildman–Crippen MR) is 84.6 cm³/mol. The predicted octanol–water partition coefficient (Wildman–Crippen LogP) is 3.87. The number of carboxylic acids is 2. The summed E-state index contributed by atoms with van der Waals surface area (Å²) in [6, 6.07) is 10.1. The van der Waals surface area contributed by atoms with Crippen LogP contribution in [0.15, 0.2) is 36.4 Å². The number of carboxylic acid groups (broad SMARTS) is 2. The number of aryl methyl sites for hydroxylation is 2. The molecule has 114 valence electrons. The first-order chi connectivity index (χ1) is 10.5. The van der Waals surface area contributed by atoms with Crippen LogP contribution in [-0.2, 0) is 12.8 Å². The zero-order valence-electron chi connectivity index (χ0n) is 12.6. The number of hydrogen-bond acceptors (Lipinski definition) is 2. The highest BCUT2D eigenvalue weighted by Gasteiger charge is 2.22. The van der Waals surface area contributed by atoms with E-state index < -0.39 is 11.9 Å². The zero-order valence-corrected chi connectivity index (χ0v) is 12.6. The standard InChI is InChI=1S/C18H18O4/c1-3-11-7-5-9-13(17(19)20)15(11)16-12(4-2)8-6-10-14(16)18(21)22/h5-10H,3-4H2,1-2H3,(H,19,20)(H,21,22). The van der Waals surface area contributed by atoms with Gasteiger partial charge in [0, 0.05) is 11.1 Å². The molecule has 0 aliphatic rings. The zero-order chi connectivity index (χ0) is 16.3. The maximum atomic E-state index is 11.6. The van der Waals surface area contributed by atoms with Gasteiger partial charge < -0.3 is 10.2 Å². The fourth-order valence-corrected chi connectivity index (χ4v) is 2.74. The fraction of sp³-hybridized carbons (Fsp3) is 0.222. The van der Waals surface area contributed by atoms with Crippen molar-refractivity contribution in [2.45, 2.75) is 26.7 Å². The van der Waals surface area contributed by atoms with Gasteiger partial charge in [-0.25, -0.2) is 9.59 Å². The summed E-state index contributed by atoms with van der Waals surface area (Å²) in [4.78, 5) is 23.2. The van der Waals surface area contributed by atoms with Crippen LogP contribution >= 0.6 is 0 Å². The molecule has 0 fully saturated rings. The van der Waals surface area contributed by atoms with Crippen LogP contribution in [0.2, 0.25) is 0 Å². The Balaban J connectivity index is 2.92. The first-order valence-corrected chi connectivity index (χ1v) is 7.21. The van der Waals surface area contributed by atoms with Gasteiger partial charge in [0.2, 0.25) is 0 Å². The molecule has 0 heterocycles. The van der Waals surface area contributed by atoms with Crippen molar-refractivity contribution in [2.24, 2.45) is 0 Å². The van der Waals surface area contributed by atoms with Crippen LogP contribution < -0.4 is 0 Å². The van der Waals surface area contributed by atoms with Gasteiger partial charge in [-0.3, -0.25) is 0 Å². The van der Waals surface area contributed by atoms with E-state index in [1.807, 2.05) is 26.0 Å². The molecule has 4 heteroatoms. The summed E-state index contributed by atoms with van der Waals surface area (Å²) in [7, 11) is 0. The highest BCUT2D eigenvalue weighted by atomic mass is 16.4. The molecule has 22 heavy (non-hydrogen) atoms. The minimum absolute atomic E-state index is 0.141. The lowest BCUT2D eigenvalue weighted by Gasteiger charge is -2.17. The van der Waals surface area contributed by atoms with Crippen molar-refractivity contribution in [1.29, 1.82) is 0 Å². The molecule has 0 aliphatic carbocycles. The number of hydrogen-bond donors (Lipinski definition) is 2. The van der Waals surface area contributed by atoms with Crippen LogP contribution in [0.25, 0.3) is 11.1 Å². The molecule has 0 atom stereocenters. The lowest BCUT2D eigenvalue weighted by Crippen LogP contribution is -2.08. The second-order valence-corrected chi connectivity index (χ2v) is 5.00. The van der Waals surface area contributed by atoms with Crippen molar-refractivity contribution in [3.05, 3.63) is 58.7 Å². The summed E-state index contributed by atoms with van der Waals surface area (Å²) >= 11 is 0. The van der Waals surface area contributed by atoms with E-state index in [2.05, 4.69) is 0 Å². The summed E-state index contributed by atoms with van der Waals surface area (Å²) in [6.07, 6.45) is 1.27. The van der Waals surface area contributed by atoms with Crippen LogP contribution in [0.5, 0.6) is 0 Å². The first kappa shape index (κ1) is 15.8. The van der Waals surface area contributed by atoms with Gasteiger partial charge in [0.25, 0.3) is 0 Å². The van der Waals surface area contributed by atoms with Crippen LogP contribution in [0, 0.1) is 0 Å². The van der Waals surface area contributed by atoms with Crippen molar-refractivity contribution in [3.8, 4) is 11.1 Å². The quantitative estimate of drug-likeness (QED) is 0.878. The van der Waals surface area contributed by atoms with Gasteiger partial charge in [-0.15, -0.1) is 0 Å². The van der Waals surface area contributed by atoms with Gasteiger partial charge in [-0.1, -0.05) is 38.1 Å². The van der Waals surface area contributed by atoms with Gasteiger partial charge in [-0.2, -0.15) is 0 Å². The SMILES string of the molecule is CCc1cccc(C(=O)O)c1-c1c(CC)cccc1C(=O)O. The molecular weight excluding hydrogens is 280 g/mol. The fourth-order valence-electron chi connectivity index (χ4n) is 2.74. The number of carbonyl (C=O) groups is 2. The molecule has 0 radical (unpaired) electrons. The molecule has 0 unspecified atom stereocenters. The second kappa shape index (κ2) is 6.43. The Morgan fingerprint density at radius 2 is 1.14 bits per heavy atom. The van der Waals surface area contributed by atoms with Gasteiger partial charge in [0.1, 0.15) is 0 Å². The molecule has 2 aromatic rings. The van der Waals surface area contributed by atoms with E-state index in [1.54, 1.807) is 12.1 Å². The maximum absolute atomic E-state index is 11.6. The van der Waals surface area contributed by atoms with E-state index >= 15 is 0 Å². The lowest BCUT2D eigenvalue weighted by molar-refractivity contribution is 0.0684. The molecular formula is C18H18O4. The molecule has 2 rings (SSSR count). The van der Waals surface area contributed by atoms with Gasteiger partial charge >= 0.3 is 11.9 Å². The first-order valence-electron chi connectivity index (χ1n) is 7.21. The summed E-state index contributed by atoms with van der Waals surface area (Å²) in [5.74, 6) is -2.10.